The molecule has 2 aromatic carbocycles. The van der Waals surface area contributed by atoms with Crippen LogP contribution in [0.4, 0.5) is 5.69 Å². The molecule has 0 unspecified atom stereocenters. The van der Waals surface area contributed by atoms with Crippen LogP contribution in [0.1, 0.15) is 18.1 Å². The van der Waals surface area contributed by atoms with Gasteiger partial charge in [0.1, 0.15) is 0 Å². The van der Waals surface area contributed by atoms with E-state index in [9.17, 15) is 4.79 Å². The molecule has 1 aliphatic rings. The fourth-order valence-electron chi connectivity index (χ4n) is 3.16. The van der Waals surface area contributed by atoms with Crippen LogP contribution < -0.4 is 5.32 Å². The number of aromatic nitrogens is 1. The lowest BCUT2D eigenvalue weighted by atomic mass is 10.1. The lowest BCUT2D eigenvalue weighted by molar-refractivity contribution is -0.115. The molecular formula is C23H19N3OS. The first kappa shape index (κ1) is 18.1. The molecule has 1 amide bonds. The van der Waals surface area contributed by atoms with Gasteiger partial charge in [0.2, 0.25) is 0 Å². The van der Waals surface area contributed by atoms with Crippen molar-refractivity contribution >= 4 is 45.5 Å². The van der Waals surface area contributed by atoms with Crippen molar-refractivity contribution in [2.45, 2.75) is 19.9 Å². The maximum absolute atomic E-state index is 12.4. The van der Waals surface area contributed by atoms with Crippen LogP contribution in [0.2, 0.25) is 0 Å². The van der Waals surface area contributed by atoms with E-state index in [1.807, 2.05) is 53.2 Å². The molecule has 4 nitrogen and oxygen atoms in total. The highest BCUT2D eigenvalue weighted by molar-refractivity contribution is 8.18. The smallest absolute Gasteiger partial charge is 0.264 e. The zero-order valence-corrected chi connectivity index (χ0v) is 16.3. The van der Waals surface area contributed by atoms with Crippen LogP contribution in [0.15, 0.2) is 64.6 Å². The minimum absolute atomic E-state index is 0.136. The van der Waals surface area contributed by atoms with Crippen molar-refractivity contribution in [3.63, 3.8) is 0 Å². The van der Waals surface area contributed by atoms with Crippen molar-refractivity contribution in [1.29, 1.82) is 0 Å². The van der Waals surface area contributed by atoms with Crippen molar-refractivity contribution in [3.8, 4) is 12.3 Å². The molecule has 2 heterocycles. The van der Waals surface area contributed by atoms with Gasteiger partial charge in [-0.2, -0.15) is 0 Å². The third-order valence-electron chi connectivity index (χ3n) is 4.59. The predicted octanol–water partition coefficient (Wildman–Crippen LogP) is 4.73. The van der Waals surface area contributed by atoms with E-state index < -0.39 is 0 Å². The van der Waals surface area contributed by atoms with E-state index in [2.05, 4.69) is 35.3 Å². The Morgan fingerprint density at radius 3 is 2.75 bits per heavy atom. The number of thioether (sulfide) groups is 1. The molecule has 3 aromatic rings. The van der Waals surface area contributed by atoms with Gasteiger partial charge in [0.25, 0.3) is 5.91 Å². The highest BCUT2D eigenvalue weighted by Gasteiger charge is 2.24. The van der Waals surface area contributed by atoms with Crippen LogP contribution in [-0.4, -0.2) is 15.6 Å². The number of aliphatic imine (C=N–C) groups is 1. The number of aryl methyl sites for hydroxylation is 1. The van der Waals surface area contributed by atoms with Crippen LogP contribution in [0.3, 0.4) is 0 Å². The third-order valence-corrected chi connectivity index (χ3v) is 5.50. The number of para-hydroxylation sites is 1. The van der Waals surface area contributed by atoms with E-state index in [-0.39, 0.29) is 5.91 Å². The predicted molar refractivity (Wildman–Crippen MR) is 117 cm³/mol. The van der Waals surface area contributed by atoms with Crippen LogP contribution in [0.5, 0.6) is 0 Å². The number of hydrogen-bond acceptors (Lipinski definition) is 3. The first-order valence-corrected chi connectivity index (χ1v) is 9.89. The van der Waals surface area contributed by atoms with E-state index in [1.165, 1.54) is 17.3 Å². The van der Waals surface area contributed by atoms with Gasteiger partial charge >= 0.3 is 0 Å². The molecule has 4 rings (SSSR count). The quantitative estimate of drug-likeness (QED) is 0.521. The summed E-state index contributed by atoms with van der Waals surface area (Å²) in [7, 11) is 0. The van der Waals surface area contributed by atoms with Gasteiger partial charge in [0.05, 0.1) is 17.1 Å². The van der Waals surface area contributed by atoms with Crippen molar-refractivity contribution in [2.24, 2.45) is 4.99 Å². The van der Waals surface area contributed by atoms with Crippen LogP contribution >= 0.6 is 11.8 Å². The molecule has 0 spiro atoms. The molecule has 1 aromatic heterocycles. The van der Waals surface area contributed by atoms with Crippen molar-refractivity contribution < 1.29 is 4.79 Å². The van der Waals surface area contributed by atoms with Crippen LogP contribution in [-0.2, 0) is 17.8 Å². The number of nitrogens with one attached hydrogen (secondary N) is 1. The zero-order valence-electron chi connectivity index (χ0n) is 15.5. The first-order valence-electron chi connectivity index (χ1n) is 9.08. The van der Waals surface area contributed by atoms with Gasteiger partial charge in [-0.05, 0) is 48.0 Å². The first-order chi connectivity index (χ1) is 13.7. The Labute approximate surface area is 168 Å². The molecule has 0 aliphatic carbocycles. The van der Waals surface area contributed by atoms with Crippen LogP contribution in [0, 0.1) is 12.3 Å². The van der Waals surface area contributed by atoms with Gasteiger partial charge < -0.3 is 9.88 Å². The molecule has 28 heavy (non-hydrogen) atoms. The number of terminal acetylenes is 1. The van der Waals surface area contributed by atoms with Gasteiger partial charge in [-0.25, -0.2) is 4.99 Å². The van der Waals surface area contributed by atoms with E-state index >= 15 is 0 Å². The van der Waals surface area contributed by atoms with Crippen molar-refractivity contribution in [1.82, 2.24) is 9.88 Å². The number of rotatable bonds is 4. The summed E-state index contributed by atoms with van der Waals surface area (Å²) in [5.74, 6) is 2.54. The van der Waals surface area contributed by atoms with Crippen molar-refractivity contribution in [2.75, 3.05) is 0 Å². The minimum Gasteiger partial charge on any atom is -0.335 e. The summed E-state index contributed by atoms with van der Waals surface area (Å²) in [6.45, 7) is 2.61. The maximum atomic E-state index is 12.4. The van der Waals surface area contributed by atoms with Gasteiger partial charge in [0.15, 0.2) is 5.17 Å². The lowest BCUT2D eigenvalue weighted by Gasteiger charge is -1.98. The number of amides is 1. The monoisotopic (exact) mass is 385 g/mol. The number of amidine groups is 1. The Morgan fingerprint density at radius 1 is 1.21 bits per heavy atom. The average Bonchev–Trinajstić information content (AvgIpc) is 3.23. The average molecular weight is 385 g/mol. The lowest BCUT2D eigenvalue weighted by Crippen LogP contribution is -2.19. The molecule has 1 saturated heterocycles. The van der Waals surface area contributed by atoms with Crippen molar-refractivity contribution in [3.05, 3.63) is 70.8 Å². The summed E-state index contributed by atoms with van der Waals surface area (Å²) >= 11 is 1.35. The highest BCUT2D eigenvalue weighted by atomic mass is 32.2. The zero-order chi connectivity index (χ0) is 19.5. The third kappa shape index (κ3) is 3.60. The molecule has 0 saturated carbocycles. The van der Waals surface area contributed by atoms with E-state index in [4.69, 9.17) is 6.42 Å². The fourth-order valence-corrected chi connectivity index (χ4v) is 4.00. The minimum atomic E-state index is -0.136. The largest absolute Gasteiger partial charge is 0.335 e. The molecule has 1 N–H and O–H groups in total. The SMILES string of the molecule is C#CCn1cc(/C=C2\SC(=Nc3ccc(CC)cc3)NC2=O)c2ccccc21. The molecule has 138 valence electrons. The fraction of sp³-hybridized carbons (Fsp3) is 0.130. The number of carbonyl (C=O) groups excluding carboxylic acids is 1. The summed E-state index contributed by atoms with van der Waals surface area (Å²) in [4.78, 5) is 17.6. The Kier molecular flexibility index (Phi) is 5.05. The van der Waals surface area contributed by atoms with Gasteiger partial charge in [-0.15, -0.1) is 6.42 Å². The maximum Gasteiger partial charge on any atom is 0.264 e. The summed E-state index contributed by atoms with van der Waals surface area (Å²) in [6, 6.07) is 16.1. The highest BCUT2D eigenvalue weighted by Crippen LogP contribution is 2.31. The van der Waals surface area contributed by atoms with E-state index in [0.717, 1.165) is 28.6 Å². The molecule has 0 bridgehead atoms. The number of carbonyl (C=O) groups is 1. The number of nitrogens with zero attached hydrogens (tertiary/aromatic N) is 2. The molecule has 1 aliphatic heterocycles. The Morgan fingerprint density at radius 2 is 2.00 bits per heavy atom. The summed E-state index contributed by atoms with van der Waals surface area (Å²) in [6.07, 6.45) is 10.4. The second-order valence-electron chi connectivity index (χ2n) is 6.44. The molecule has 5 heteroatoms. The summed E-state index contributed by atoms with van der Waals surface area (Å²) < 4.78 is 2.02. The number of benzene rings is 2. The molecule has 0 radical (unpaired) electrons. The standard InChI is InChI=1S/C23H19N3OS/c1-3-13-26-15-17(19-7-5-6-8-20(19)26)14-21-22(27)25-23(28-21)24-18-11-9-16(4-2)10-12-18/h1,5-12,14-15H,4,13H2,2H3,(H,24,25,27)/b21-14-. The van der Waals surface area contributed by atoms with E-state index in [1.54, 1.807) is 0 Å². The van der Waals surface area contributed by atoms with Gasteiger partial charge in [-0.1, -0.05) is 43.2 Å². The van der Waals surface area contributed by atoms with Gasteiger partial charge in [-0.3, -0.25) is 4.79 Å². The molecule has 0 atom stereocenters. The van der Waals surface area contributed by atoms with Gasteiger partial charge in [0, 0.05) is 22.7 Å². The Bertz CT molecular complexity index is 1150. The number of hydrogen-bond donors (Lipinski definition) is 1. The summed E-state index contributed by atoms with van der Waals surface area (Å²) in [5.41, 5.74) is 4.11. The molecular weight excluding hydrogens is 366 g/mol. The second kappa shape index (κ2) is 7.79. The van der Waals surface area contributed by atoms with Crippen LogP contribution in [0.25, 0.3) is 17.0 Å². The Balaban J connectivity index is 1.64. The second-order valence-corrected chi connectivity index (χ2v) is 7.47. The normalized spacial score (nSPS) is 16.6. The topological polar surface area (TPSA) is 46.4 Å². The van der Waals surface area contributed by atoms with E-state index in [0.29, 0.717) is 16.6 Å². The summed E-state index contributed by atoms with van der Waals surface area (Å²) in [5, 5.41) is 4.51. The Hall–Kier alpha value is -3.23. The number of fused-ring (bicyclic) bond motifs is 1. The molecule has 1 fully saturated rings.